The van der Waals surface area contributed by atoms with Crippen LogP contribution in [0.2, 0.25) is 0 Å². The molecule has 1 aliphatic heterocycles. The average molecular weight is 249 g/mol. The van der Waals surface area contributed by atoms with E-state index >= 15 is 0 Å². The van der Waals surface area contributed by atoms with Crippen molar-refractivity contribution in [3.63, 3.8) is 0 Å². The largest absolute Gasteiger partial charge is 0.493 e. The molecule has 2 rings (SSSR count). The molecule has 0 saturated heterocycles. The molecule has 18 heavy (non-hydrogen) atoms. The van der Waals surface area contributed by atoms with Gasteiger partial charge in [-0.25, -0.2) is 0 Å². The highest BCUT2D eigenvalue weighted by Gasteiger charge is 2.30. The van der Waals surface area contributed by atoms with E-state index in [1.54, 1.807) is 13.8 Å². The van der Waals surface area contributed by atoms with Crippen molar-refractivity contribution in [3.05, 3.63) is 29.3 Å². The lowest BCUT2D eigenvalue weighted by molar-refractivity contribution is -0.147. The number of rotatable bonds is 4. The number of hydrogen-bond acceptors (Lipinski definition) is 3. The highest BCUT2D eigenvalue weighted by molar-refractivity contribution is 5.73. The zero-order valence-corrected chi connectivity index (χ0v) is 10.8. The number of ether oxygens (including phenoxy) is 1. The summed E-state index contributed by atoms with van der Waals surface area (Å²) in [6.45, 7) is 4.12. The topological polar surface area (TPSA) is 72.5 Å². The maximum atomic E-state index is 11.1. The number of carboxylic acid groups (broad SMARTS) is 1. The highest BCUT2D eigenvalue weighted by Crippen LogP contribution is 2.32. The fourth-order valence-corrected chi connectivity index (χ4v) is 2.19. The van der Waals surface area contributed by atoms with E-state index in [4.69, 9.17) is 15.6 Å². The number of hydrogen-bond donors (Lipinski definition) is 2. The standard InChI is InChI=1S/C14H19NO3/c1-14(2,13(16)17)8-11(15)9-3-4-12-10(7-9)5-6-18-12/h3-4,7,11H,5-6,8,15H2,1-2H3,(H,16,17). The van der Waals surface area contributed by atoms with Gasteiger partial charge in [-0.1, -0.05) is 12.1 Å². The van der Waals surface area contributed by atoms with Gasteiger partial charge in [-0.05, 0) is 37.5 Å². The van der Waals surface area contributed by atoms with Crippen molar-refractivity contribution in [2.45, 2.75) is 32.7 Å². The smallest absolute Gasteiger partial charge is 0.309 e. The van der Waals surface area contributed by atoms with Gasteiger partial charge < -0.3 is 15.6 Å². The van der Waals surface area contributed by atoms with Crippen molar-refractivity contribution in [2.24, 2.45) is 11.1 Å². The summed E-state index contributed by atoms with van der Waals surface area (Å²) in [6.07, 6.45) is 1.32. The van der Waals surface area contributed by atoms with Crippen molar-refractivity contribution in [1.82, 2.24) is 0 Å². The van der Waals surface area contributed by atoms with Crippen LogP contribution in [0.25, 0.3) is 0 Å². The Balaban J connectivity index is 2.14. The lowest BCUT2D eigenvalue weighted by Crippen LogP contribution is -2.28. The van der Waals surface area contributed by atoms with Gasteiger partial charge in [0.05, 0.1) is 12.0 Å². The normalized spacial score (nSPS) is 15.9. The SMILES string of the molecule is CC(C)(CC(N)c1ccc2c(c1)CCO2)C(=O)O. The molecule has 0 aliphatic carbocycles. The van der Waals surface area contributed by atoms with Crippen molar-refractivity contribution in [2.75, 3.05) is 6.61 Å². The number of carbonyl (C=O) groups is 1. The van der Waals surface area contributed by atoms with Gasteiger partial charge in [-0.2, -0.15) is 0 Å². The molecular weight excluding hydrogens is 230 g/mol. The monoisotopic (exact) mass is 249 g/mol. The van der Waals surface area contributed by atoms with Gasteiger partial charge in [0.25, 0.3) is 0 Å². The van der Waals surface area contributed by atoms with Crippen LogP contribution < -0.4 is 10.5 Å². The van der Waals surface area contributed by atoms with Crippen LogP contribution in [0.15, 0.2) is 18.2 Å². The lowest BCUT2D eigenvalue weighted by Gasteiger charge is -2.23. The number of nitrogens with two attached hydrogens (primary N) is 1. The Morgan fingerprint density at radius 1 is 1.56 bits per heavy atom. The molecule has 3 N–H and O–H groups in total. The Kier molecular flexibility index (Phi) is 3.30. The first-order valence-electron chi connectivity index (χ1n) is 6.15. The summed E-state index contributed by atoms with van der Waals surface area (Å²) in [5.74, 6) is 0.103. The molecule has 1 aromatic rings. The quantitative estimate of drug-likeness (QED) is 0.857. The van der Waals surface area contributed by atoms with E-state index in [2.05, 4.69) is 0 Å². The molecule has 0 aromatic heterocycles. The Morgan fingerprint density at radius 3 is 2.94 bits per heavy atom. The second-order valence-electron chi connectivity index (χ2n) is 5.47. The van der Waals surface area contributed by atoms with Crippen LogP contribution in [-0.2, 0) is 11.2 Å². The van der Waals surface area contributed by atoms with Crippen LogP contribution in [0.1, 0.15) is 37.4 Å². The molecule has 1 aliphatic rings. The zero-order valence-electron chi connectivity index (χ0n) is 10.8. The van der Waals surface area contributed by atoms with E-state index in [9.17, 15) is 4.79 Å². The van der Waals surface area contributed by atoms with E-state index in [-0.39, 0.29) is 6.04 Å². The average Bonchev–Trinajstić information content (AvgIpc) is 2.74. The fourth-order valence-electron chi connectivity index (χ4n) is 2.19. The Bertz CT molecular complexity index is 468. The Labute approximate surface area is 107 Å². The molecule has 0 bridgehead atoms. The van der Waals surface area contributed by atoms with Gasteiger partial charge in [0.15, 0.2) is 0 Å². The summed E-state index contributed by atoms with van der Waals surface area (Å²) >= 11 is 0. The summed E-state index contributed by atoms with van der Waals surface area (Å²) < 4.78 is 5.44. The predicted molar refractivity (Wildman–Crippen MR) is 68.6 cm³/mol. The van der Waals surface area contributed by atoms with Crippen molar-refractivity contribution < 1.29 is 14.6 Å². The molecule has 1 aromatic carbocycles. The fraction of sp³-hybridized carbons (Fsp3) is 0.500. The minimum atomic E-state index is -0.817. The molecule has 0 spiro atoms. The molecule has 0 radical (unpaired) electrons. The summed E-state index contributed by atoms with van der Waals surface area (Å²) in [5, 5.41) is 9.12. The van der Waals surface area contributed by atoms with Crippen LogP contribution in [0.5, 0.6) is 5.75 Å². The summed E-state index contributed by atoms with van der Waals surface area (Å²) in [4.78, 5) is 11.1. The molecule has 1 heterocycles. The lowest BCUT2D eigenvalue weighted by atomic mass is 9.83. The summed E-state index contributed by atoms with van der Waals surface area (Å²) in [7, 11) is 0. The van der Waals surface area contributed by atoms with E-state index in [1.807, 2.05) is 18.2 Å². The van der Waals surface area contributed by atoms with Crippen LogP contribution in [0.3, 0.4) is 0 Å². The highest BCUT2D eigenvalue weighted by atomic mass is 16.5. The molecule has 1 atom stereocenters. The third-order valence-electron chi connectivity index (χ3n) is 3.45. The van der Waals surface area contributed by atoms with Gasteiger partial charge in [0.1, 0.15) is 5.75 Å². The number of benzene rings is 1. The first-order chi connectivity index (χ1) is 8.40. The number of fused-ring (bicyclic) bond motifs is 1. The second kappa shape index (κ2) is 4.61. The van der Waals surface area contributed by atoms with Gasteiger partial charge in [-0.15, -0.1) is 0 Å². The number of carboxylic acids is 1. The maximum absolute atomic E-state index is 11.1. The molecule has 4 heteroatoms. The van der Waals surface area contributed by atoms with Crippen LogP contribution in [0, 0.1) is 5.41 Å². The third kappa shape index (κ3) is 2.48. The van der Waals surface area contributed by atoms with Crippen molar-refractivity contribution >= 4 is 5.97 Å². The molecule has 0 fully saturated rings. The predicted octanol–water partition coefficient (Wildman–Crippen LogP) is 2.12. The molecule has 0 amide bonds. The van der Waals surface area contributed by atoms with E-state index in [0.29, 0.717) is 13.0 Å². The van der Waals surface area contributed by atoms with Gasteiger partial charge in [0.2, 0.25) is 0 Å². The van der Waals surface area contributed by atoms with Gasteiger partial charge >= 0.3 is 5.97 Å². The first kappa shape index (κ1) is 12.9. The minimum absolute atomic E-state index is 0.262. The van der Waals surface area contributed by atoms with Crippen LogP contribution in [-0.4, -0.2) is 17.7 Å². The second-order valence-corrected chi connectivity index (χ2v) is 5.47. The van der Waals surface area contributed by atoms with Crippen LogP contribution >= 0.6 is 0 Å². The Hall–Kier alpha value is -1.55. The number of aliphatic carboxylic acids is 1. The molecular formula is C14H19NO3. The molecule has 1 unspecified atom stereocenters. The molecule has 0 saturated carbocycles. The van der Waals surface area contributed by atoms with Gasteiger partial charge in [-0.3, -0.25) is 4.79 Å². The maximum Gasteiger partial charge on any atom is 0.309 e. The molecule has 4 nitrogen and oxygen atoms in total. The van der Waals surface area contributed by atoms with Crippen molar-refractivity contribution in [1.29, 1.82) is 0 Å². The molecule has 98 valence electrons. The summed E-state index contributed by atoms with van der Waals surface area (Å²) in [6, 6.07) is 5.62. The van der Waals surface area contributed by atoms with Crippen molar-refractivity contribution in [3.8, 4) is 5.75 Å². The van der Waals surface area contributed by atoms with Gasteiger partial charge in [0, 0.05) is 12.5 Å². The third-order valence-corrected chi connectivity index (χ3v) is 3.45. The van der Waals surface area contributed by atoms with Crippen LogP contribution in [0.4, 0.5) is 0 Å². The van der Waals surface area contributed by atoms with E-state index in [0.717, 1.165) is 23.3 Å². The Morgan fingerprint density at radius 2 is 2.28 bits per heavy atom. The first-order valence-corrected chi connectivity index (χ1v) is 6.15. The minimum Gasteiger partial charge on any atom is -0.493 e. The zero-order chi connectivity index (χ0) is 13.3. The van der Waals surface area contributed by atoms with E-state index in [1.165, 1.54) is 0 Å². The summed E-state index contributed by atoms with van der Waals surface area (Å²) in [5.41, 5.74) is 7.44. The van der Waals surface area contributed by atoms with E-state index < -0.39 is 11.4 Å².